The summed E-state index contributed by atoms with van der Waals surface area (Å²) >= 11 is 0. The summed E-state index contributed by atoms with van der Waals surface area (Å²) in [5.74, 6) is 2.17. The quantitative estimate of drug-likeness (QED) is 0.386. The van der Waals surface area contributed by atoms with E-state index in [2.05, 4.69) is 17.2 Å². The number of nitrogens with zero attached hydrogens (tertiary/aromatic N) is 2. The van der Waals surface area contributed by atoms with Crippen LogP contribution in [0.1, 0.15) is 19.8 Å². The maximum atomic E-state index is 10.2. The average Bonchev–Trinajstić information content (AvgIpc) is 2.75. The normalized spacial score (nSPS) is 10.8. The van der Waals surface area contributed by atoms with Gasteiger partial charge >= 0.3 is 0 Å². The molecule has 29 heavy (non-hydrogen) atoms. The summed E-state index contributed by atoms with van der Waals surface area (Å²) in [5.41, 5.74) is 2.31. The van der Waals surface area contributed by atoms with Crippen LogP contribution in [0.4, 0.5) is 11.5 Å². The van der Waals surface area contributed by atoms with Gasteiger partial charge < -0.3 is 15.2 Å². The van der Waals surface area contributed by atoms with Crippen molar-refractivity contribution in [1.82, 2.24) is 9.97 Å². The molecule has 0 saturated carbocycles. The van der Waals surface area contributed by atoms with E-state index in [0.29, 0.717) is 17.2 Å². The number of unbranched alkanes of at least 4 members (excludes halogenated alkanes) is 1. The van der Waals surface area contributed by atoms with Crippen LogP contribution in [0, 0.1) is 0 Å². The highest BCUT2D eigenvalue weighted by atomic mass is 16.5. The van der Waals surface area contributed by atoms with Crippen LogP contribution in [0.3, 0.4) is 0 Å². The van der Waals surface area contributed by atoms with Crippen molar-refractivity contribution in [3.63, 3.8) is 0 Å². The number of hydrogen-bond acceptors (Lipinski definition) is 5. The fourth-order valence-corrected chi connectivity index (χ4v) is 3.06. The maximum Gasteiger partial charge on any atom is 0.165 e. The Hall–Kier alpha value is -3.60. The maximum absolute atomic E-state index is 10.2. The molecule has 1 aromatic heterocycles. The molecule has 0 fully saturated rings. The third-order valence-corrected chi connectivity index (χ3v) is 4.63. The molecule has 0 radical (unpaired) electrons. The molecule has 0 bridgehead atoms. The predicted octanol–water partition coefficient (Wildman–Crippen LogP) is 5.92. The first-order chi connectivity index (χ1) is 14.2. The zero-order chi connectivity index (χ0) is 20.1. The highest BCUT2D eigenvalue weighted by molar-refractivity contribution is 5.92. The van der Waals surface area contributed by atoms with Crippen LogP contribution in [0.5, 0.6) is 11.5 Å². The molecule has 5 nitrogen and oxygen atoms in total. The van der Waals surface area contributed by atoms with Gasteiger partial charge in [0.2, 0.25) is 0 Å². The number of fused-ring (bicyclic) bond motifs is 1. The van der Waals surface area contributed by atoms with Crippen molar-refractivity contribution >= 4 is 22.4 Å². The number of benzene rings is 3. The molecule has 4 rings (SSSR count). The number of para-hydroxylation sites is 2. The van der Waals surface area contributed by atoms with Crippen molar-refractivity contribution < 1.29 is 9.84 Å². The molecule has 0 atom stereocenters. The molecule has 5 heteroatoms. The summed E-state index contributed by atoms with van der Waals surface area (Å²) in [6.45, 7) is 2.87. The summed E-state index contributed by atoms with van der Waals surface area (Å²) in [6, 6.07) is 22.7. The van der Waals surface area contributed by atoms with Crippen LogP contribution in [-0.2, 0) is 0 Å². The monoisotopic (exact) mass is 385 g/mol. The number of rotatable bonds is 7. The first-order valence-corrected chi connectivity index (χ1v) is 9.79. The topological polar surface area (TPSA) is 67.3 Å². The summed E-state index contributed by atoms with van der Waals surface area (Å²) in [4.78, 5) is 9.33. The van der Waals surface area contributed by atoms with Gasteiger partial charge in [0.15, 0.2) is 5.82 Å². The Balaban J connectivity index is 1.67. The van der Waals surface area contributed by atoms with Crippen LogP contribution < -0.4 is 10.1 Å². The van der Waals surface area contributed by atoms with Gasteiger partial charge in [0, 0.05) is 11.1 Å². The highest BCUT2D eigenvalue weighted by Gasteiger charge is 2.12. The van der Waals surface area contributed by atoms with Crippen LogP contribution in [-0.4, -0.2) is 21.7 Å². The van der Waals surface area contributed by atoms with E-state index >= 15 is 0 Å². The Kier molecular flexibility index (Phi) is 5.56. The van der Waals surface area contributed by atoms with E-state index in [4.69, 9.17) is 9.72 Å². The largest absolute Gasteiger partial charge is 0.507 e. The second-order valence-corrected chi connectivity index (χ2v) is 6.78. The average molecular weight is 385 g/mol. The third kappa shape index (κ3) is 4.29. The van der Waals surface area contributed by atoms with Crippen LogP contribution >= 0.6 is 0 Å². The number of phenols is 1. The lowest BCUT2D eigenvalue weighted by Crippen LogP contribution is -2.00. The second-order valence-electron chi connectivity index (χ2n) is 6.78. The van der Waals surface area contributed by atoms with Crippen molar-refractivity contribution in [3.05, 3.63) is 72.8 Å². The van der Waals surface area contributed by atoms with Gasteiger partial charge in [0.1, 0.15) is 17.3 Å². The highest BCUT2D eigenvalue weighted by Crippen LogP contribution is 2.31. The van der Waals surface area contributed by atoms with Gasteiger partial charge in [-0.15, -0.1) is 0 Å². The molecule has 0 aliphatic heterocycles. The molecule has 1 heterocycles. The van der Waals surface area contributed by atoms with E-state index in [1.807, 2.05) is 60.7 Å². The molecule has 4 aromatic rings. The van der Waals surface area contributed by atoms with E-state index < -0.39 is 0 Å². The van der Waals surface area contributed by atoms with Crippen LogP contribution in [0.2, 0.25) is 0 Å². The van der Waals surface area contributed by atoms with Crippen molar-refractivity contribution in [2.45, 2.75) is 19.8 Å². The number of phenolic OH excluding ortho intramolecular Hbond substituents is 1. The summed E-state index contributed by atoms with van der Waals surface area (Å²) in [7, 11) is 0. The molecule has 0 saturated heterocycles. The van der Waals surface area contributed by atoms with E-state index in [9.17, 15) is 5.11 Å². The minimum Gasteiger partial charge on any atom is -0.507 e. The Bertz CT molecular complexity index is 1110. The molecule has 0 unspecified atom stereocenters. The molecule has 0 aliphatic rings. The standard InChI is InChI=1S/C24H23N3O2/c1-2-3-16-29-18-14-12-17(13-15-18)25-23-19-8-4-6-10-21(19)26-24(27-23)20-9-5-7-11-22(20)28/h4-15,28H,2-3,16H2,1H3,(H,25,26,27). The van der Waals surface area contributed by atoms with Crippen molar-refractivity contribution in [3.8, 4) is 22.9 Å². The smallest absolute Gasteiger partial charge is 0.165 e. The Labute approximate surface area is 170 Å². The summed E-state index contributed by atoms with van der Waals surface area (Å²) < 4.78 is 5.73. The SMILES string of the molecule is CCCCOc1ccc(Nc2nc(-c3ccccc3O)nc3ccccc23)cc1. The number of ether oxygens (including phenoxy) is 1. The fraction of sp³-hybridized carbons (Fsp3) is 0.167. The van der Waals surface area contributed by atoms with Gasteiger partial charge in [-0.3, -0.25) is 0 Å². The Morgan fingerprint density at radius 2 is 1.66 bits per heavy atom. The van der Waals surface area contributed by atoms with Crippen LogP contribution in [0.25, 0.3) is 22.3 Å². The molecule has 2 N–H and O–H groups in total. The van der Waals surface area contributed by atoms with E-state index in [1.165, 1.54) is 0 Å². The molecule has 0 amide bonds. The Morgan fingerprint density at radius 3 is 2.45 bits per heavy atom. The number of anilines is 2. The third-order valence-electron chi connectivity index (χ3n) is 4.63. The molecular formula is C24H23N3O2. The molecule has 146 valence electrons. The van der Waals surface area contributed by atoms with E-state index in [-0.39, 0.29) is 5.75 Å². The molecule has 0 aliphatic carbocycles. The number of nitrogens with one attached hydrogen (secondary N) is 1. The zero-order valence-electron chi connectivity index (χ0n) is 16.3. The van der Waals surface area contributed by atoms with E-state index in [1.54, 1.807) is 12.1 Å². The minimum absolute atomic E-state index is 0.155. The molecular weight excluding hydrogens is 362 g/mol. The lowest BCUT2D eigenvalue weighted by molar-refractivity contribution is 0.309. The first-order valence-electron chi connectivity index (χ1n) is 9.79. The lowest BCUT2D eigenvalue weighted by atomic mass is 10.1. The van der Waals surface area contributed by atoms with Crippen molar-refractivity contribution in [1.29, 1.82) is 0 Å². The Morgan fingerprint density at radius 1 is 0.897 bits per heavy atom. The number of aromatic nitrogens is 2. The fourth-order valence-electron chi connectivity index (χ4n) is 3.06. The first kappa shape index (κ1) is 18.7. The summed E-state index contributed by atoms with van der Waals surface area (Å²) in [6.07, 6.45) is 2.15. The number of aromatic hydroxyl groups is 1. The lowest BCUT2D eigenvalue weighted by Gasteiger charge is -2.12. The van der Waals surface area contributed by atoms with Gasteiger partial charge in [-0.1, -0.05) is 37.6 Å². The molecule has 3 aromatic carbocycles. The predicted molar refractivity (Wildman–Crippen MR) is 117 cm³/mol. The zero-order valence-corrected chi connectivity index (χ0v) is 16.3. The second kappa shape index (κ2) is 8.61. The minimum atomic E-state index is 0.155. The van der Waals surface area contributed by atoms with Gasteiger partial charge in [-0.05, 0) is 55.0 Å². The van der Waals surface area contributed by atoms with Gasteiger partial charge in [-0.25, -0.2) is 9.97 Å². The van der Waals surface area contributed by atoms with Gasteiger partial charge in [-0.2, -0.15) is 0 Å². The van der Waals surface area contributed by atoms with Crippen LogP contribution in [0.15, 0.2) is 72.8 Å². The van der Waals surface area contributed by atoms with Crippen molar-refractivity contribution in [2.24, 2.45) is 0 Å². The van der Waals surface area contributed by atoms with Gasteiger partial charge in [0.05, 0.1) is 17.7 Å². The molecule has 0 spiro atoms. The number of hydrogen-bond donors (Lipinski definition) is 2. The van der Waals surface area contributed by atoms with E-state index in [0.717, 1.165) is 41.8 Å². The van der Waals surface area contributed by atoms with Crippen molar-refractivity contribution in [2.75, 3.05) is 11.9 Å². The summed E-state index contributed by atoms with van der Waals surface area (Å²) in [5, 5.41) is 14.5. The van der Waals surface area contributed by atoms with Gasteiger partial charge in [0.25, 0.3) is 0 Å².